The quantitative estimate of drug-likeness (QED) is 0.515. The highest BCUT2D eigenvalue weighted by atomic mass is 35.5. The topological polar surface area (TPSA) is 68.9 Å². The minimum atomic E-state index is -0.558. The Morgan fingerprint density at radius 3 is 2.50 bits per heavy atom. The van der Waals surface area contributed by atoms with Gasteiger partial charge in [0.05, 0.1) is 5.69 Å². The molecule has 0 aliphatic carbocycles. The second kappa shape index (κ2) is 5.27. The summed E-state index contributed by atoms with van der Waals surface area (Å²) in [6.07, 6.45) is 2.35. The van der Waals surface area contributed by atoms with Crippen LogP contribution in [0.1, 0.15) is 24.6 Å². The van der Waals surface area contributed by atoms with Crippen molar-refractivity contribution in [3.63, 3.8) is 0 Å². The van der Waals surface area contributed by atoms with E-state index >= 15 is 0 Å². The lowest BCUT2D eigenvalue weighted by Gasteiger charge is -2.08. The van der Waals surface area contributed by atoms with E-state index in [2.05, 4.69) is 9.97 Å². The highest BCUT2D eigenvalue weighted by Crippen LogP contribution is 2.26. The molecule has 1 amide bonds. The summed E-state index contributed by atoms with van der Waals surface area (Å²) in [5.41, 5.74) is 6.57. The zero-order chi connectivity index (χ0) is 12.3. The lowest BCUT2D eigenvalue weighted by Crippen LogP contribution is -2.15. The zero-order valence-electron chi connectivity index (χ0n) is 8.92. The summed E-state index contributed by atoms with van der Waals surface area (Å²) in [7, 11) is 0. The predicted octanol–water partition coefficient (Wildman–Crippen LogP) is 2.37. The molecule has 2 N–H and O–H groups in total. The molecule has 0 saturated carbocycles. The minimum absolute atomic E-state index is 0.0477. The Bertz CT molecular complexity index is 434. The third-order valence-corrected chi connectivity index (χ3v) is 2.40. The van der Waals surface area contributed by atoms with E-state index in [1.54, 1.807) is 13.0 Å². The molecule has 1 heterocycles. The van der Waals surface area contributed by atoms with Gasteiger partial charge < -0.3 is 5.73 Å². The maximum Gasteiger partial charge on any atom is 0.249 e. The molecule has 6 heteroatoms. The van der Waals surface area contributed by atoms with Crippen LogP contribution >= 0.6 is 23.2 Å². The smallest absolute Gasteiger partial charge is 0.249 e. The lowest BCUT2D eigenvalue weighted by atomic mass is 10.0. The molecule has 0 saturated heterocycles. The number of aryl methyl sites for hydroxylation is 1. The Labute approximate surface area is 103 Å². The van der Waals surface area contributed by atoms with Crippen LogP contribution in [0.5, 0.6) is 0 Å². The third-order valence-electron chi connectivity index (χ3n) is 1.96. The zero-order valence-corrected chi connectivity index (χ0v) is 10.4. The van der Waals surface area contributed by atoms with E-state index in [4.69, 9.17) is 28.9 Å². The Morgan fingerprint density at radius 2 is 2.06 bits per heavy atom. The van der Waals surface area contributed by atoms with Crippen LogP contribution in [-0.2, 0) is 4.79 Å². The van der Waals surface area contributed by atoms with Gasteiger partial charge in [-0.3, -0.25) is 4.79 Å². The van der Waals surface area contributed by atoms with Crippen molar-refractivity contribution in [1.82, 2.24) is 9.97 Å². The summed E-state index contributed by atoms with van der Waals surface area (Å²) < 4.78 is 0. The first-order chi connectivity index (χ1) is 7.47. The van der Waals surface area contributed by atoms with Crippen molar-refractivity contribution < 1.29 is 4.79 Å². The van der Waals surface area contributed by atoms with Crippen LogP contribution in [0.4, 0.5) is 0 Å². The van der Waals surface area contributed by atoms with Crippen molar-refractivity contribution in [2.45, 2.75) is 20.3 Å². The second-order valence-electron chi connectivity index (χ2n) is 3.13. The maximum absolute atomic E-state index is 11.3. The van der Waals surface area contributed by atoms with E-state index < -0.39 is 5.91 Å². The summed E-state index contributed by atoms with van der Waals surface area (Å²) in [4.78, 5) is 19.0. The fraction of sp³-hybridized carbons (Fsp3) is 0.300. The monoisotopic (exact) mass is 259 g/mol. The van der Waals surface area contributed by atoms with Gasteiger partial charge in [-0.05, 0) is 24.9 Å². The molecule has 1 aromatic rings. The Balaban J connectivity index is 3.41. The van der Waals surface area contributed by atoms with E-state index in [1.165, 1.54) is 0 Å². The van der Waals surface area contributed by atoms with Crippen LogP contribution in [0.3, 0.4) is 0 Å². The summed E-state index contributed by atoms with van der Waals surface area (Å²) >= 11 is 11.6. The average molecular weight is 260 g/mol. The maximum atomic E-state index is 11.3. The number of carbonyl (C=O) groups excluding carboxylic acids is 1. The van der Waals surface area contributed by atoms with Crippen molar-refractivity contribution >= 4 is 34.7 Å². The third kappa shape index (κ3) is 2.71. The Kier molecular flexibility index (Phi) is 4.26. The number of carbonyl (C=O) groups is 1. The lowest BCUT2D eigenvalue weighted by molar-refractivity contribution is -0.112. The van der Waals surface area contributed by atoms with Crippen LogP contribution in [0.25, 0.3) is 5.57 Å². The van der Waals surface area contributed by atoms with Crippen molar-refractivity contribution in [2.24, 2.45) is 5.73 Å². The highest BCUT2D eigenvalue weighted by Gasteiger charge is 2.17. The fourth-order valence-corrected chi connectivity index (χ4v) is 1.91. The molecule has 0 spiro atoms. The first kappa shape index (κ1) is 12.9. The van der Waals surface area contributed by atoms with Gasteiger partial charge in [-0.2, -0.15) is 0 Å². The summed E-state index contributed by atoms with van der Waals surface area (Å²) in [5.74, 6) is -0.558. The van der Waals surface area contributed by atoms with Crippen molar-refractivity contribution in [2.75, 3.05) is 0 Å². The van der Waals surface area contributed by atoms with Crippen molar-refractivity contribution in [3.05, 3.63) is 27.8 Å². The van der Waals surface area contributed by atoms with E-state index in [9.17, 15) is 4.79 Å². The number of amides is 1. The van der Waals surface area contributed by atoms with Crippen LogP contribution < -0.4 is 5.73 Å². The van der Waals surface area contributed by atoms with Crippen LogP contribution in [-0.4, -0.2) is 15.9 Å². The predicted molar refractivity (Wildman–Crippen MR) is 64.3 cm³/mol. The fourth-order valence-electron chi connectivity index (χ4n) is 1.34. The molecular weight excluding hydrogens is 249 g/mol. The minimum Gasteiger partial charge on any atom is -0.366 e. The molecule has 1 rings (SSSR count). The SMILES string of the molecule is CC/C=C(/C(N)=O)c1c(C)nc(Cl)nc1Cl. The number of primary amides is 1. The number of hydrogen-bond acceptors (Lipinski definition) is 3. The summed E-state index contributed by atoms with van der Waals surface area (Å²) in [5, 5.41) is 0.183. The van der Waals surface area contributed by atoms with Gasteiger partial charge in [0.1, 0.15) is 5.15 Å². The van der Waals surface area contributed by atoms with Crippen LogP contribution in [0.15, 0.2) is 6.08 Å². The number of aromatic nitrogens is 2. The molecule has 4 nitrogen and oxygen atoms in total. The van der Waals surface area contributed by atoms with Gasteiger partial charge in [-0.1, -0.05) is 24.6 Å². The molecule has 0 fully saturated rings. The van der Waals surface area contributed by atoms with E-state index in [0.717, 1.165) is 0 Å². The molecule has 0 atom stereocenters. The van der Waals surface area contributed by atoms with E-state index in [-0.39, 0.29) is 10.4 Å². The van der Waals surface area contributed by atoms with Crippen molar-refractivity contribution in [1.29, 1.82) is 0 Å². The van der Waals surface area contributed by atoms with Crippen LogP contribution in [0.2, 0.25) is 10.4 Å². The number of allylic oxidation sites excluding steroid dienone is 1. The normalized spacial score (nSPS) is 11.6. The molecule has 86 valence electrons. The first-order valence-corrected chi connectivity index (χ1v) is 5.43. The Morgan fingerprint density at radius 1 is 1.44 bits per heavy atom. The molecule has 0 aliphatic heterocycles. The summed E-state index contributed by atoms with van der Waals surface area (Å²) in [6.45, 7) is 3.59. The molecule has 0 aliphatic rings. The molecular formula is C10H11Cl2N3O. The second-order valence-corrected chi connectivity index (χ2v) is 3.83. The summed E-state index contributed by atoms with van der Waals surface area (Å²) in [6, 6.07) is 0. The van der Waals surface area contributed by atoms with Gasteiger partial charge in [0.15, 0.2) is 0 Å². The number of rotatable bonds is 3. The number of nitrogens with zero attached hydrogens (tertiary/aromatic N) is 2. The standard InChI is InChI=1S/C10H11Cl2N3O/c1-3-4-6(9(13)16)7-5(2)14-10(12)15-8(7)11/h4H,3H2,1-2H3,(H2,13,16)/b6-4+. The van der Waals surface area contributed by atoms with Gasteiger partial charge in [-0.25, -0.2) is 9.97 Å². The van der Waals surface area contributed by atoms with Gasteiger partial charge in [-0.15, -0.1) is 0 Å². The largest absolute Gasteiger partial charge is 0.366 e. The van der Waals surface area contributed by atoms with E-state index in [0.29, 0.717) is 23.3 Å². The number of nitrogens with two attached hydrogens (primary N) is 1. The molecule has 0 radical (unpaired) electrons. The van der Waals surface area contributed by atoms with Crippen LogP contribution in [0, 0.1) is 6.92 Å². The molecule has 16 heavy (non-hydrogen) atoms. The molecule has 0 bridgehead atoms. The van der Waals surface area contributed by atoms with Gasteiger partial charge in [0, 0.05) is 11.1 Å². The van der Waals surface area contributed by atoms with E-state index in [1.807, 2.05) is 6.92 Å². The van der Waals surface area contributed by atoms with Crippen molar-refractivity contribution in [3.8, 4) is 0 Å². The number of halogens is 2. The molecule has 1 aromatic heterocycles. The highest BCUT2D eigenvalue weighted by molar-refractivity contribution is 6.35. The van der Waals surface area contributed by atoms with Gasteiger partial charge in [0.2, 0.25) is 11.2 Å². The molecule has 0 unspecified atom stereocenters. The Hall–Kier alpha value is -1.13. The molecule has 0 aromatic carbocycles. The average Bonchev–Trinajstić information content (AvgIpc) is 2.14. The van der Waals surface area contributed by atoms with Gasteiger partial charge in [0.25, 0.3) is 0 Å². The number of hydrogen-bond donors (Lipinski definition) is 1. The van der Waals surface area contributed by atoms with Gasteiger partial charge >= 0.3 is 0 Å². The first-order valence-electron chi connectivity index (χ1n) is 4.67.